The number of hydrogen-bond donors (Lipinski definition) is 2. The summed E-state index contributed by atoms with van der Waals surface area (Å²) in [6, 6.07) is -0.578. The molecule has 2 aliphatic rings. The van der Waals surface area contributed by atoms with Crippen molar-refractivity contribution >= 4 is 17.4 Å². The van der Waals surface area contributed by atoms with Crippen molar-refractivity contribution in [1.82, 2.24) is 14.9 Å². The normalized spacial score (nSPS) is 17.4. The number of urea groups is 1. The van der Waals surface area contributed by atoms with Crippen LogP contribution in [0.4, 0.5) is 10.6 Å². The molecule has 3 N–H and O–H groups in total. The first kappa shape index (κ1) is 14.3. The van der Waals surface area contributed by atoms with Crippen LogP contribution in [0.2, 0.25) is 0 Å². The molecule has 0 atom stereocenters. The Kier molecular flexibility index (Phi) is 3.66. The molecule has 1 aromatic heterocycles. The lowest BCUT2D eigenvalue weighted by Gasteiger charge is -2.21. The minimum atomic E-state index is -0.578. The number of nitrogens with zero attached hydrogens (tertiary/aromatic N) is 3. The highest BCUT2D eigenvalue weighted by Crippen LogP contribution is 2.29. The number of aryl methyl sites for hydroxylation is 1. The van der Waals surface area contributed by atoms with Gasteiger partial charge in [-0.05, 0) is 37.8 Å². The number of carbonyl (C=O) groups excluding carboxylic acids is 1. The summed E-state index contributed by atoms with van der Waals surface area (Å²) < 4.78 is 0. The largest absolute Gasteiger partial charge is 0.369 e. The lowest BCUT2D eigenvalue weighted by molar-refractivity contribution is 0.233. The number of aromatic nitrogens is 2. The molecule has 1 fully saturated rings. The number of nitrogens with one attached hydrogen (secondary N) is 1. The van der Waals surface area contributed by atoms with Gasteiger partial charge in [-0.15, -0.1) is 0 Å². The van der Waals surface area contributed by atoms with E-state index >= 15 is 0 Å². The van der Waals surface area contributed by atoms with Crippen LogP contribution < -0.4 is 11.1 Å². The molecule has 0 spiro atoms. The quantitative estimate of drug-likeness (QED) is 0.894. The van der Waals surface area contributed by atoms with E-state index < -0.39 is 6.03 Å². The zero-order valence-electron chi connectivity index (χ0n) is 12.5. The fourth-order valence-corrected chi connectivity index (χ4v) is 2.19. The molecule has 0 saturated heterocycles. The molecule has 2 amide bonds. The first-order chi connectivity index (χ1) is 10.5. The van der Waals surface area contributed by atoms with Gasteiger partial charge in [0, 0.05) is 35.8 Å². The van der Waals surface area contributed by atoms with Gasteiger partial charge in [-0.25, -0.2) is 14.8 Å². The van der Waals surface area contributed by atoms with Gasteiger partial charge in [-0.3, -0.25) is 4.90 Å². The van der Waals surface area contributed by atoms with E-state index in [1.54, 1.807) is 18.5 Å². The smallest absolute Gasteiger partial charge is 0.323 e. The summed E-state index contributed by atoms with van der Waals surface area (Å²) in [6.07, 6.45) is 9.52. The summed E-state index contributed by atoms with van der Waals surface area (Å²) in [7, 11) is 0. The van der Waals surface area contributed by atoms with Crippen molar-refractivity contribution < 1.29 is 4.79 Å². The fourth-order valence-electron chi connectivity index (χ4n) is 2.19. The van der Waals surface area contributed by atoms with E-state index in [1.165, 1.54) is 17.7 Å². The minimum absolute atomic E-state index is 0.524. The van der Waals surface area contributed by atoms with Crippen molar-refractivity contribution in [3.05, 3.63) is 48.2 Å². The van der Waals surface area contributed by atoms with Crippen molar-refractivity contribution in [2.24, 2.45) is 11.7 Å². The summed E-state index contributed by atoms with van der Waals surface area (Å²) >= 11 is 0. The summed E-state index contributed by atoms with van der Waals surface area (Å²) in [6.45, 7) is 6.69. The Morgan fingerprint density at radius 2 is 2.27 bits per heavy atom. The molecule has 1 aliphatic heterocycles. The van der Waals surface area contributed by atoms with E-state index in [1.807, 2.05) is 13.0 Å². The lowest BCUT2D eigenvalue weighted by atomic mass is 10.1. The van der Waals surface area contributed by atoms with Crippen molar-refractivity contribution in [2.45, 2.75) is 19.8 Å². The van der Waals surface area contributed by atoms with Crippen molar-refractivity contribution in [1.29, 1.82) is 0 Å². The molecule has 0 bridgehead atoms. The molecule has 6 nitrogen and oxygen atoms in total. The number of allylic oxidation sites excluding steroid dienone is 3. The maximum absolute atomic E-state index is 11.4. The standard InChI is InChI=1S/C16H19N5O/c1-10-7-18-15(20-14(10)19-8-12-4-5-12)13-6-3-11(2)21(9-13)16(17)22/h3,6-7,9,12H,2,4-5,8H2,1H3,(H2,17,22)(H,18,19,20). The van der Waals surface area contributed by atoms with Crippen LogP contribution in [0.3, 0.4) is 0 Å². The van der Waals surface area contributed by atoms with E-state index in [0.717, 1.165) is 29.4 Å². The predicted octanol–water partition coefficient (Wildman–Crippen LogP) is 2.41. The van der Waals surface area contributed by atoms with Gasteiger partial charge in [0.25, 0.3) is 0 Å². The zero-order chi connectivity index (χ0) is 15.7. The number of anilines is 1. The molecule has 2 heterocycles. The third-order valence-corrected chi connectivity index (χ3v) is 3.76. The molecular formula is C16H19N5O. The van der Waals surface area contributed by atoms with Crippen LogP contribution in [0.25, 0.3) is 5.57 Å². The summed E-state index contributed by atoms with van der Waals surface area (Å²) in [5, 5.41) is 3.37. The maximum atomic E-state index is 11.4. The number of carbonyl (C=O) groups is 1. The summed E-state index contributed by atoms with van der Waals surface area (Å²) in [5.74, 6) is 2.15. The Hall–Kier alpha value is -2.63. The molecule has 0 aromatic carbocycles. The van der Waals surface area contributed by atoms with E-state index in [4.69, 9.17) is 5.73 Å². The molecular weight excluding hydrogens is 278 g/mol. The van der Waals surface area contributed by atoms with Gasteiger partial charge in [0.15, 0.2) is 5.82 Å². The highest BCUT2D eigenvalue weighted by Gasteiger charge is 2.21. The molecule has 6 heteroatoms. The van der Waals surface area contributed by atoms with E-state index in [0.29, 0.717) is 11.5 Å². The minimum Gasteiger partial charge on any atom is -0.369 e. The summed E-state index contributed by atoms with van der Waals surface area (Å²) in [5.41, 5.74) is 7.58. The van der Waals surface area contributed by atoms with E-state index in [9.17, 15) is 4.79 Å². The number of nitrogens with two attached hydrogens (primary N) is 1. The highest BCUT2D eigenvalue weighted by atomic mass is 16.2. The molecule has 1 aliphatic carbocycles. The van der Waals surface area contributed by atoms with Crippen LogP contribution in [-0.2, 0) is 0 Å². The van der Waals surface area contributed by atoms with Crippen LogP contribution >= 0.6 is 0 Å². The highest BCUT2D eigenvalue weighted by molar-refractivity contribution is 5.82. The van der Waals surface area contributed by atoms with E-state index in [2.05, 4.69) is 21.9 Å². The van der Waals surface area contributed by atoms with Crippen molar-refractivity contribution in [3.8, 4) is 0 Å². The average Bonchev–Trinajstić information content (AvgIpc) is 3.31. The van der Waals surface area contributed by atoms with Crippen LogP contribution in [-0.4, -0.2) is 27.4 Å². The van der Waals surface area contributed by atoms with E-state index in [-0.39, 0.29) is 0 Å². The third kappa shape index (κ3) is 3.00. The monoisotopic (exact) mass is 297 g/mol. The lowest BCUT2D eigenvalue weighted by Crippen LogP contribution is -2.31. The second-order valence-corrected chi connectivity index (χ2v) is 5.67. The fraction of sp³-hybridized carbons (Fsp3) is 0.312. The molecule has 0 unspecified atom stereocenters. The zero-order valence-corrected chi connectivity index (χ0v) is 12.5. The Labute approximate surface area is 129 Å². The molecule has 22 heavy (non-hydrogen) atoms. The summed E-state index contributed by atoms with van der Waals surface area (Å²) in [4.78, 5) is 21.6. The van der Waals surface area contributed by atoms with Crippen molar-refractivity contribution in [3.63, 3.8) is 0 Å². The SMILES string of the molecule is C=C1C=CC(c2ncc(C)c(NCC3CC3)n2)=CN1C(N)=O. The van der Waals surface area contributed by atoms with Crippen LogP contribution in [0.15, 0.2) is 36.8 Å². The first-order valence-electron chi connectivity index (χ1n) is 7.30. The predicted molar refractivity (Wildman–Crippen MR) is 85.7 cm³/mol. The maximum Gasteiger partial charge on any atom is 0.323 e. The second-order valence-electron chi connectivity index (χ2n) is 5.67. The van der Waals surface area contributed by atoms with Gasteiger partial charge < -0.3 is 11.1 Å². The van der Waals surface area contributed by atoms with Gasteiger partial charge >= 0.3 is 6.03 Å². The second kappa shape index (κ2) is 5.63. The van der Waals surface area contributed by atoms with Crippen LogP contribution in [0.1, 0.15) is 24.2 Å². The van der Waals surface area contributed by atoms with Gasteiger partial charge in [0.1, 0.15) is 5.82 Å². The Morgan fingerprint density at radius 1 is 1.50 bits per heavy atom. The Bertz CT molecular complexity index is 688. The number of primary amides is 1. The van der Waals surface area contributed by atoms with Crippen molar-refractivity contribution in [2.75, 3.05) is 11.9 Å². The topological polar surface area (TPSA) is 84.1 Å². The van der Waals surface area contributed by atoms with Gasteiger partial charge in [-0.2, -0.15) is 0 Å². The Morgan fingerprint density at radius 3 is 2.95 bits per heavy atom. The van der Waals surface area contributed by atoms with Crippen LogP contribution in [0.5, 0.6) is 0 Å². The Balaban J connectivity index is 1.85. The number of rotatable bonds is 4. The molecule has 1 saturated carbocycles. The molecule has 3 rings (SSSR count). The first-order valence-corrected chi connectivity index (χ1v) is 7.30. The molecule has 0 radical (unpaired) electrons. The van der Waals surface area contributed by atoms with Crippen LogP contribution in [0, 0.1) is 12.8 Å². The third-order valence-electron chi connectivity index (χ3n) is 3.76. The number of amides is 2. The van der Waals surface area contributed by atoms with Gasteiger partial charge in [-0.1, -0.05) is 6.58 Å². The number of hydrogen-bond acceptors (Lipinski definition) is 4. The van der Waals surface area contributed by atoms with Gasteiger partial charge in [0.05, 0.1) is 0 Å². The average molecular weight is 297 g/mol. The molecule has 114 valence electrons. The molecule has 1 aromatic rings. The van der Waals surface area contributed by atoms with Gasteiger partial charge in [0.2, 0.25) is 0 Å².